The van der Waals surface area contributed by atoms with Crippen molar-refractivity contribution < 1.29 is 49.8 Å². The Bertz CT molecular complexity index is 1470. The van der Waals surface area contributed by atoms with Crippen LogP contribution in [-0.2, 0) is 24.8 Å². The minimum atomic E-state index is -2.78. The lowest BCUT2D eigenvalue weighted by molar-refractivity contribution is -0.159. The number of nitrogens with two attached hydrogens (primary N) is 1. The van der Waals surface area contributed by atoms with Crippen LogP contribution in [0.5, 0.6) is 5.75 Å². The summed E-state index contributed by atoms with van der Waals surface area (Å²) in [6.07, 6.45) is 11.2. The molecule has 0 unspecified atom stereocenters. The number of carbonyl (C=O) groups is 4. The Kier molecular flexibility index (Phi) is 12.3. The number of hydrogen-bond acceptors (Lipinski definition) is 10. The van der Waals surface area contributed by atoms with E-state index >= 15 is 0 Å². The molecular weight excluding hydrogens is 632 g/mol. The third kappa shape index (κ3) is 7.20. The third-order valence-corrected chi connectivity index (χ3v) is 9.88. The maximum absolute atomic E-state index is 13.7. The SMILES string of the molecule is CCCCCCCCCCCC(=O)O.CN(C)[C@@H]1C(=O)C(C(N)=O)=C(O)[C@@]2(O)C(=O)C3=C(O)c4c(O)ccc(Cl)c4[C@@](C)(O)[C@H]3C[C@@H]12. The van der Waals surface area contributed by atoms with E-state index in [-0.39, 0.29) is 22.6 Å². The first kappa shape index (κ1) is 38.0. The molecule has 1 saturated carbocycles. The number of nitrogens with zero attached hydrogens (tertiary/aromatic N) is 1. The highest BCUT2D eigenvalue weighted by Gasteiger charge is 2.66. The minimum absolute atomic E-state index is 0.0187. The second kappa shape index (κ2) is 15.2. The van der Waals surface area contributed by atoms with Gasteiger partial charge in [0.2, 0.25) is 5.78 Å². The van der Waals surface area contributed by atoms with Crippen molar-refractivity contribution in [2.45, 2.75) is 102 Å². The Morgan fingerprint density at radius 2 is 1.53 bits per heavy atom. The zero-order valence-corrected chi connectivity index (χ0v) is 28.1. The summed E-state index contributed by atoms with van der Waals surface area (Å²) in [6, 6.07) is 1.24. The first-order valence-electron chi connectivity index (χ1n) is 16.1. The van der Waals surface area contributed by atoms with Gasteiger partial charge in [0.1, 0.15) is 22.8 Å². The van der Waals surface area contributed by atoms with Crippen LogP contribution >= 0.6 is 11.6 Å². The molecule has 0 saturated heterocycles. The number of hydrogen-bond donors (Lipinski definition) is 7. The van der Waals surface area contributed by atoms with Crippen LogP contribution in [0.4, 0.5) is 0 Å². The second-order valence-corrected chi connectivity index (χ2v) is 13.5. The third-order valence-electron chi connectivity index (χ3n) is 9.57. The monoisotopic (exact) mass is 678 g/mol. The summed E-state index contributed by atoms with van der Waals surface area (Å²) < 4.78 is 0. The molecule has 0 spiro atoms. The van der Waals surface area contributed by atoms with Gasteiger partial charge in [0.15, 0.2) is 11.4 Å². The molecule has 0 radical (unpaired) electrons. The van der Waals surface area contributed by atoms with Crippen molar-refractivity contribution in [1.82, 2.24) is 4.90 Å². The van der Waals surface area contributed by atoms with E-state index in [4.69, 9.17) is 22.4 Å². The summed E-state index contributed by atoms with van der Waals surface area (Å²) in [5.41, 5.74) is -1.10. The van der Waals surface area contributed by atoms with E-state index in [1.54, 1.807) is 0 Å². The molecule has 47 heavy (non-hydrogen) atoms. The van der Waals surface area contributed by atoms with Crippen LogP contribution < -0.4 is 5.73 Å². The number of rotatable bonds is 12. The molecule has 3 aliphatic rings. The Balaban J connectivity index is 0.000000363. The number of benzene rings is 1. The number of carboxylic acids is 1. The largest absolute Gasteiger partial charge is 0.508 e. The summed E-state index contributed by atoms with van der Waals surface area (Å²) in [6.45, 7) is 3.57. The Morgan fingerprint density at radius 3 is 2.04 bits per heavy atom. The van der Waals surface area contributed by atoms with Crippen molar-refractivity contribution in [2.24, 2.45) is 17.6 Å². The van der Waals surface area contributed by atoms with Gasteiger partial charge < -0.3 is 36.4 Å². The number of halogens is 1. The van der Waals surface area contributed by atoms with Crippen molar-refractivity contribution in [3.63, 3.8) is 0 Å². The lowest BCUT2D eigenvalue weighted by Crippen LogP contribution is -2.67. The highest BCUT2D eigenvalue weighted by Crippen LogP contribution is 2.58. The average Bonchev–Trinajstić information content (AvgIpc) is 2.97. The van der Waals surface area contributed by atoms with Gasteiger partial charge in [0.25, 0.3) is 5.91 Å². The smallest absolute Gasteiger partial charge is 0.303 e. The number of fused-ring (bicyclic) bond motifs is 3. The number of aromatic hydroxyl groups is 1. The maximum atomic E-state index is 13.7. The van der Waals surface area contributed by atoms with Crippen LogP contribution in [0.3, 0.4) is 0 Å². The molecule has 5 atom stereocenters. The predicted molar refractivity (Wildman–Crippen MR) is 175 cm³/mol. The number of phenolic OH excluding ortho intramolecular Hbond substituents is 1. The van der Waals surface area contributed by atoms with Crippen molar-refractivity contribution >= 4 is 40.8 Å². The zero-order valence-electron chi connectivity index (χ0n) is 27.4. The fourth-order valence-corrected chi connectivity index (χ4v) is 7.51. The van der Waals surface area contributed by atoms with Gasteiger partial charge in [0.05, 0.1) is 17.2 Å². The van der Waals surface area contributed by atoms with Crippen LogP contribution in [0.1, 0.15) is 95.6 Å². The van der Waals surface area contributed by atoms with Crippen LogP contribution in [0.15, 0.2) is 29.0 Å². The quantitative estimate of drug-likeness (QED) is 0.122. The highest BCUT2D eigenvalue weighted by molar-refractivity contribution is 6.32. The number of amides is 1. The zero-order chi connectivity index (χ0) is 35.4. The Hall–Kier alpha value is -3.45. The van der Waals surface area contributed by atoms with Gasteiger partial charge in [-0.25, -0.2) is 0 Å². The molecule has 1 aromatic rings. The van der Waals surface area contributed by atoms with Crippen LogP contribution in [0.25, 0.3) is 5.76 Å². The molecule has 1 amide bonds. The molecular formula is C34H47ClN2O10. The lowest BCUT2D eigenvalue weighted by atomic mass is 9.54. The van der Waals surface area contributed by atoms with Gasteiger partial charge >= 0.3 is 5.97 Å². The van der Waals surface area contributed by atoms with Crippen molar-refractivity contribution in [3.05, 3.63) is 45.2 Å². The number of aliphatic carboxylic acids is 1. The standard InChI is InChI=1S/C22H23ClN2O8.C12H24O2/c1-21(32)7-6-8-15(25(2)3)17(28)13(20(24)31)19(30)22(8,33)18(29)11(7)16(27)12-10(26)5-4-9(23)14(12)21;1-2-3-4-5-6-7-8-9-10-11-12(13)14/h4-5,7-8,15,26-27,30,32-33H,6H2,1-3H3,(H2,24,31);2-11H2,1H3,(H,13,14)/t7-,8-,15-,21-,22-;/m0./s1. The summed E-state index contributed by atoms with van der Waals surface area (Å²) in [5, 5.41) is 63.6. The predicted octanol–water partition coefficient (Wildman–Crippen LogP) is 4.27. The molecule has 1 fully saturated rings. The topological polar surface area (TPSA) is 219 Å². The molecule has 12 nitrogen and oxygen atoms in total. The van der Waals surface area contributed by atoms with Gasteiger partial charge in [-0.1, -0.05) is 69.9 Å². The average molecular weight is 679 g/mol. The number of aliphatic hydroxyl groups is 4. The van der Waals surface area contributed by atoms with Crippen LogP contribution in [-0.4, -0.2) is 84.7 Å². The van der Waals surface area contributed by atoms with E-state index in [1.165, 1.54) is 83.0 Å². The van der Waals surface area contributed by atoms with E-state index < -0.39 is 80.9 Å². The van der Waals surface area contributed by atoms with Crippen molar-refractivity contribution in [1.29, 1.82) is 0 Å². The van der Waals surface area contributed by atoms with Crippen molar-refractivity contribution in [2.75, 3.05) is 14.1 Å². The number of ketones is 2. The van der Waals surface area contributed by atoms with E-state index in [0.717, 1.165) is 12.8 Å². The molecule has 260 valence electrons. The first-order chi connectivity index (χ1) is 22.0. The van der Waals surface area contributed by atoms with Crippen molar-refractivity contribution in [3.8, 4) is 5.75 Å². The molecule has 4 rings (SSSR count). The normalized spacial score (nSPS) is 26.8. The van der Waals surface area contributed by atoms with E-state index in [1.807, 2.05) is 0 Å². The molecule has 13 heteroatoms. The second-order valence-electron chi connectivity index (χ2n) is 13.0. The van der Waals surface area contributed by atoms with Crippen LogP contribution in [0, 0.1) is 11.8 Å². The molecule has 0 aromatic heterocycles. The Labute approximate surface area is 279 Å². The number of aliphatic hydroxyl groups excluding tert-OH is 2. The number of primary amides is 1. The molecule has 3 aliphatic carbocycles. The Morgan fingerprint density at radius 1 is 0.979 bits per heavy atom. The minimum Gasteiger partial charge on any atom is -0.508 e. The fraction of sp³-hybridized carbons (Fsp3) is 0.588. The fourth-order valence-electron chi connectivity index (χ4n) is 7.16. The van der Waals surface area contributed by atoms with Gasteiger partial charge in [-0.15, -0.1) is 0 Å². The molecule has 0 aliphatic heterocycles. The molecule has 0 bridgehead atoms. The molecule has 8 N–H and O–H groups in total. The van der Waals surface area contributed by atoms with Crippen LogP contribution in [0.2, 0.25) is 5.02 Å². The van der Waals surface area contributed by atoms with E-state index in [9.17, 15) is 44.7 Å². The lowest BCUT2D eigenvalue weighted by Gasteiger charge is -2.53. The summed E-state index contributed by atoms with van der Waals surface area (Å²) >= 11 is 6.28. The van der Waals surface area contributed by atoms with Gasteiger partial charge in [-0.3, -0.25) is 24.1 Å². The van der Waals surface area contributed by atoms with E-state index in [2.05, 4.69) is 6.92 Å². The number of carbonyl (C=O) groups excluding carboxylic acids is 3. The number of unbranched alkanes of at least 4 members (excludes halogenated alkanes) is 8. The number of carboxylic acid groups (broad SMARTS) is 1. The van der Waals surface area contributed by atoms with E-state index in [0.29, 0.717) is 6.42 Å². The molecule has 1 aromatic carbocycles. The number of Topliss-reactive ketones (excluding diaryl/α,β-unsaturated/α-hetero) is 2. The number of phenols is 1. The number of likely N-dealkylation sites (N-methyl/N-ethyl adjacent to an activating group) is 1. The maximum Gasteiger partial charge on any atom is 0.303 e. The summed E-state index contributed by atoms with van der Waals surface area (Å²) in [7, 11) is 2.97. The molecule has 0 heterocycles. The highest BCUT2D eigenvalue weighted by atomic mass is 35.5. The summed E-state index contributed by atoms with van der Waals surface area (Å²) in [4.78, 5) is 50.3. The summed E-state index contributed by atoms with van der Waals surface area (Å²) in [5.74, 6) is -8.96. The van der Waals surface area contributed by atoms with Gasteiger partial charge in [-0.05, 0) is 46.0 Å². The first-order valence-corrected chi connectivity index (χ1v) is 16.4. The van der Waals surface area contributed by atoms with Gasteiger partial charge in [0, 0.05) is 34.4 Å². The van der Waals surface area contributed by atoms with Gasteiger partial charge in [-0.2, -0.15) is 0 Å².